The van der Waals surface area contributed by atoms with E-state index in [9.17, 15) is 14.4 Å². The van der Waals surface area contributed by atoms with Crippen LogP contribution in [-0.2, 0) is 9.59 Å². The Hall–Kier alpha value is -3.15. The van der Waals surface area contributed by atoms with E-state index in [4.69, 9.17) is 4.74 Å². The first-order valence-electron chi connectivity index (χ1n) is 11.3. The zero-order valence-electron chi connectivity index (χ0n) is 19.0. The predicted molar refractivity (Wildman–Crippen MR) is 124 cm³/mol. The molecule has 0 radical (unpaired) electrons. The van der Waals surface area contributed by atoms with Gasteiger partial charge in [-0.05, 0) is 32.4 Å². The maximum Gasteiger partial charge on any atom is 0.223 e. The zero-order valence-corrected chi connectivity index (χ0v) is 19.0. The lowest BCUT2D eigenvalue weighted by atomic mass is 10.0. The lowest BCUT2D eigenvalue weighted by Crippen LogP contribution is -2.50. The number of amides is 2. The van der Waals surface area contributed by atoms with Crippen LogP contribution in [0.15, 0.2) is 48.5 Å². The Bertz CT molecular complexity index is 914. The van der Waals surface area contributed by atoms with E-state index in [1.54, 1.807) is 17.0 Å². The van der Waals surface area contributed by atoms with Crippen LogP contribution in [-0.4, -0.2) is 60.2 Å². The quantitative estimate of drug-likeness (QED) is 0.443. The minimum atomic E-state index is -0.0240. The van der Waals surface area contributed by atoms with E-state index >= 15 is 0 Å². The normalized spacial score (nSPS) is 13.7. The second-order valence-corrected chi connectivity index (χ2v) is 8.32. The minimum absolute atomic E-state index is 0.0139. The Labute approximate surface area is 190 Å². The van der Waals surface area contributed by atoms with Gasteiger partial charge in [0.2, 0.25) is 11.8 Å². The Morgan fingerprint density at radius 2 is 1.22 bits per heavy atom. The van der Waals surface area contributed by atoms with Crippen molar-refractivity contribution >= 4 is 17.6 Å². The third-order valence-electron chi connectivity index (χ3n) is 5.75. The maximum atomic E-state index is 12.5. The van der Waals surface area contributed by atoms with Crippen molar-refractivity contribution in [2.75, 3.05) is 32.8 Å². The van der Waals surface area contributed by atoms with Crippen LogP contribution in [0.5, 0.6) is 5.75 Å². The summed E-state index contributed by atoms with van der Waals surface area (Å²) < 4.78 is 5.68. The molecule has 0 aliphatic carbocycles. The largest absolute Gasteiger partial charge is 0.494 e. The van der Waals surface area contributed by atoms with Gasteiger partial charge in [-0.2, -0.15) is 0 Å². The topological polar surface area (TPSA) is 66.9 Å². The van der Waals surface area contributed by atoms with E-state index in [-0.39, 0.29) is 30.4 Å². The molecule has 0 bridgehead atoms. The van der Waals surface area contributed by atoms with Gasteiger partial charge in [0.25, 0.3) is 0 Å². The van der Waals surface area contributed by atoms with Crippen LogP contribution in [0.1, 0.15) is 47.2 Å². The Morgan fingerprint density at radius 1 is 0.719 bits per heavy atom. The molecule has 1 saturated heterocycles. The van der Waals surface area contributed by atoms with E-state index in [1.807, 2.05) is 55.1 Å². The molecule has 170 valence electrons. The fourth-order valence-corrected chi connectivity index (χ4v) is 3.67. The van der Waals surface area contributed by atoms with Crippen molar-refractivity contribution in [1.82, 2.24) is 9.80 Å². The van der Waals surface area contributed by atoms with Crippen LogP contribution in [0.3, 0.4) is 0 Å². The standard InChI is InChI=1S/C26H32N2O4/c1-20-5-9-22(10-6-20)24(29)13-14-26(31)28-17-15-27(16-18-28)25(30)4-3-19-32-23-11-7-21(2)8-12-23/h5-12H,3-4,13-19H2,1-2H3. The van der Waals surface area contributed by atoms with Gasteiger partial charge in [0.05, 0.1) is 6.61 Å². The summed E-state index contributed by atoms with van der Waals surface area (Å²) in [6, 6.07) is 15.3. The average Bonchev–Trinajstić information content (AvgIpc) is 2.81. The van der Waals surface area contributed by atoms with E-state index in [0.29, 0.717) is 51.2 Å². The highest BCUT2D eigenvalue weighted by Gasteiger charge is 2.24. The first-order chi connectivity index (χ1) is 15.4. The van der Waals surface area contributed by atoms with Crippen molar-refractivity contribution in [1.29, 1.82) is 0 Å². The molecule has 1 heterocycles. The van der Waals surface area contributed by atoms with Crippen LogP contribution >= 0.6 is 0 Å². The molecule has 6 heteroatoms. The second-order valence-electron chi connectivity index (χ2n) is 8.32. The molecule has 2 aromatic carbocycles. The van der Waals surface area contributed by atoms with Crippen molar-refractivity contribution < 1.29 is 19.1 Å². The van der Waals surface area contributed by atoms with Gasteiger partial charge in [-0.3, -0.25) is 14.4 Å². The van der Waals surface area contributed by atoms with Gasteiger partial charge in [-0.15, -0.1) is 0 Å². The van der Waals surface area contributed by atoms with Gasteiger partial charge in [0, 0.05) is 51.0 Å². The van der Waals surface area contributed by atoms with Gasteiger partial charge in [-0.25, -0.2) is 0 Å². The van der Waals surface area contributed by atoms with Crippen molar-refractivity contribution in [2.24, 2.45) is 0 Å². The summed E-state index contributed by atoms with van der Waals surface area (Å²) in [7, 11) is 0. The first kappa shape index (κ1) is 23.5. The summed E-state index contributed by atoms with van der Waals surface area (Å²) in [5.74, 6) is 0.874. The monoisotopic (exact) mass is 436 g/mol. The molecule has 3 rings (SSSR count). The summed E-state index contributed by atoms with van der Waals surface area (Å²) >= 11 is 0. The second kappa shape index (κ2) is 11.5. The van der Waals surface area contributed by atoms with Crippen LogP contribution in [0.25, 0.3) is 0 Å². The van der Waals surface area contributed by atoms with Gasteiger partial charge >= 0.3 is 0 Å². The highest BCUT2D eigenvalue weighted by atomic mass is 16.5. The molecule has 0 saturated carbocycles. The minimum Gasteiger partial charge on any atom is -0.494 e. The van der Waals surface area contributed by atoms with Crippen molar-refractivity contribution in [3.63, 3.8) is 0 Å². The van der Waals surface area contributed by atoms with Gasteiger partial charge in [-0.1, -0.05) is 47.5 Å². The average molecular weight is 437 g/mol. The molecule has 1 aliphatic heterocycles. The molecule has 0 atom stereocenters. The number of rotatable bonds is 9. The number of nitrogens with zero attached hydrogens (tertiary/aromatic N) is 2. The highest BCUT2D eigenvalue weighted by Crippen LogP contribution is 2.13. The van der Waals surface area contributed by atoms with Crippen LogP contribution < -0.4 is 4.74 Å². The summed E-state index contributed by atoms with van der Waals surface area (Å²) in [6.45, 7) is 6.61. The highest BCUT2D eigenvalue weighted by molar-refractivity contribution is 5.98. The Balaban J connectivity index is 1.32. The summed E-state index contributed by atoms with van der Waals surface area (Å²) in [5.41, 5.74) is 2.93. The third kappa shape index (κ3) is 6.94. The van der Waals surface area contributed by atoms with Crippen molar-refractivity contribution in [3.8, 4) is 5.75 Å². The third-order valence-corrected chi connectivity index (χ3v) is 5.75. The van der Waals surface area contributed by atoms with E-state index < -0.39 is 0 Å². The molecule has 0 spiro atoms. The first-order valence-corrected chi connectivity index (χ1v) is 11.3. The molecule has 2 aromatic rings. The Morgan fingerprint density at radius 3 is 1.78 bits per heavy atom. The van der Waals surface area contributed by atoms with Gasteiger partial charge in [0.15, 0.2) is 5.78 Å². The molecule has 1 fully saturated rings. The van der Waals surface area contributed by atoms with Gasteiger partial charge < -0.3 is 14.5 Å². The number of ketones is 1. The molecular weight excluding hydrogens is 404 g/mol. The van der Waals surface area contributed by atoms with Crippen LogP contribution in [0, 0.1) is 13.8 Å². The summed E-state index contributed by atoms with van der Waals surface area (Å²) in [5, 5.41) is 0. The Kier molecular flexibility index (Phi) is 8.42. The molecule has 6 nitrogen and oxygen atoms in total. The molecule has 1 aliphatic rings. The number of hydrogen-bond acceptors (Lipinski definition) is 4. The number of ether oxygens (including phenoxy) is 1. The number of benzene rings is 2. The van der Waals surface area contributed by atoms with Crippen molar-refractivity contribution in [3.05, 3.63) is 65.2 Å². The fourth-order valence-electron chi connectivity index (χ4n) is 3.67. The van der Waals surface area contributed by atoms with E-state index in [1.165, 1.54) is 5.56 Å². The van der Waals surface area contributed by atoms with Crippen molar-refractivity contribution in [2.45, 2.75) is 39.5 Å². The zero-order chi connectivity index (χ0) is 22.9. The fraction of sp³-hybridized carbons (Fsp3) is 0.423. The summed E-state index contributed by atoms with van der Waals surface area (Å²) in [4.78, 5) is 40.8. The molecule has 0 unspecified atom stereocenters. The maximum absolute atomic E-state index is 12.5. The number of carbonyl (C=O) groups is 3. The molecule has 0 aromatic heterocycles. The van der Waals surface area contributed by atoms with E-state index in [0.717, 1.165) is 11.3 Å². The molecule has 0 N–H and O–H groups in total. The predicted octanol–water partition coefficient (Wildman–Crippen LogP) is 3.80. The van der Waals surface area contributed by atoms with Crippen LogP contribution in [0.4, 0.5) is 0 Å². The number of piperazine rings is 1. The number of hydrogen-bond donors (Lipinski definition) is 0. The van der Waals surface area contributed by atoms with Gasteiger partial charge in [0.1, 0.15) is 5.75 Å². The molecule has 2 amide bonds. The lowest BCUT2D eigenvalue weighted by Gasteiger charge is -2.35. The summed E-state index contributed by atoms with van der Waals surface area (Å²) in [6.07, 6.45) is 1.51. The smallest absolute Gasteiger partial charge is 0.223 e. The number of carbonyl (C=O) groups excluding carboxylic acids is 3. The molecular formula is C26H32N2O4. The number of Topliss-reactive ketones (excluding diaryl/α,β-unsaturated/α-hetero) is 1. The lowest BCUT2D eigenvalue weighted by molar-refractivity contribution is -0.139. The van der Waals surface area contributed by atoms with E-state index in [2.05, 4.69) is 0 Å². The van der Waals surface area contributed by atoms with Crippen LogP contribution in [0.2, 0.25) is 0 Å². The number of aryl methyl sites for hydroxylation is 2. The SMILES string of the molecule is Cc1ccc(OCCCC(=O)N2CCN(C(=O)CCC(=O)c3ccc(C)cc3)CC2)cc1. The molecule has 32 heavy (non-hydrogen) atoms.